The number of rotatable bonds is 3. The van der Waals surface area contributed by atoms with E-state index in [1.165, 1.54) is 12.1 Å². The standard InChI is InChI=1S/C10H6BrF5O/c1-5(10(14,15)16)6-3-2-4-7(11)8(6)17-9(12)13/h2-4,9H,1H2. The lowest BCUT2D eigenvalue weighted by Crippen LogP contribution is -2.12. The molecule has 0 heterocycles. The molecule has 7 heteroatoms. The minimum absolute atomic E-state index is 0.000648. The molecule has 0 fully saturated rings. The highest BCUT2D eigenvalue weighted by molar-refractivity contribution is 9.10. The Morgan fingerprint density at radius 3 is 2.35 bits per heavy atom. The molecule has 0 aromatic heterocycles. The van der Waals surface area contributed by atoms with Crippen LogP contribution in [0.5, 0.6) is 5.75 Å². The van der Waals surface area contributed by atoms with Crippen LogP contribution in [0.1, 0.15) is 5.56 Å². The summed E-state index contributed by atoms with van der Waals surface area (Å²) in [5.74, 6) is -0.579. The molecule has 0 unspecified atom stereocenters. The molecule has 0 radical (unpaired) electrons. The minimum atomic E-state index is -4.71. The summed E-state index contributed by atoms with van der Waals surface area (Å²) in [6, 6.07) is 3.58. The van der Waals surface area contributed by atoms with Crippen molar-refractivity contribution in [2.24, 2.45) is 0 Å². The van der Waals surface area contributed by atoms with Crippen LogP contribution in [0.2, 0.25) is 0 Å². The number of hydrogen-bond donors (Lipinski definition) is 0. The maximum absolute atomic E-state index is 12.4. The summed E-state index contributed by atoms with van der Waals surface area (Å²) in [5, 5.41) is 0. The van der Waals surface area contributed by atoms with E-state index in [4.69, 9.17) is 0 Å². The summed E-state index contributed by atoms with van der Waals surface area (Å²) in [6.45, 7) is -0.380. The molecule has 0 spiro atoms. The van der Waals surface area contributed by atoms with Gasteiger partial charge in [0.25, 0.3) is 0 Å². The van der Waals surface area contributed by atoms with Crippen LogP contribution < -0.4 is 4.74 Å². The van der Waals surface area contributed by atoms with E-state index < -0.39 is 29.7 Å². The molecule has 0 aliphatic carbocycles. The molecule has 1 aromatic carbocycles. The van der Waals surface area contributed by atoms with Crippen LogP contribution in [0.25, 0.3) is 5.57 Å². The average molecular weight is 317 g/mol. The first-order chi connectivity index (χ1) is 7.73. The SMILES string of the molecule is C=C(c1cccc(Br)c1OC(F)F)C(F)(F)F. The van der Waals surface area contributed by atoms with Gasteiger partial charge in [0.1, 0.15) is 5.75 Å². The molecule has 1 rings (SSSR count). The van der Waals surface area contributed by atoms with Gasteiger partial charge in [0.2, 0.25) is 0 Å². The third-order valence-corrected chi connectivity index (χ3v) is 2.47. The zero-order valence-corrected chi connectivity index (χ0v) is 9.78. The number of alkyl halides is 5. The van der Waals surface area contributed by atoms with Gasteiger partial charge in [-0.25, -0.2) is 0 Å². The zero-order chi connectivity index (χ0) is 13.2. The Morgan fingerprint density at radius 1 is 1.29 bits per heavy atom. The fraction of sp³-hybridized carbons (Fsp3) is 0.200. The van der Waals surface area contributed by atoms with Gasteiger partial charge in [0.15, 0.2) is 0 Å². The first kappa shape index (κ1) is 14.0. The molecule has 0 atom stereocenters. The predicted octanol–water partition coefficient (Wildman–Crippen LogP) is 4.63. The molecule has 0 bridgehead atoms. The van der Waals surface area contributed by atoms with Crippen molar-refractivity contribution in [3.05, 3.63) is 34.8 Å². The highest BCUT2D eigenvalue weighted by atomic mass is 79.9. The fourth-order valence-corrected chi connectivity index (χ4v) is 1.57. The number of benzene rings is 1. The molecular weight excluding hydrogens is 311 g/mol. The van der Waals surface area contributed by atoms with Crippen LogP contribution in [-0.4, -0.2) is 12.8 Å². The van der Waals surface area contributed by atoms with Crippen LogP contribution >= 0.6 is 15.9 Å². The monoisotopic (exact) mass is 316 g/mol. The Kier molecular flexibility index (Phi) is 4.13. The Balaban J connectivity index is 3.24. The minimum Gasteiger partial charge on any atom is -0.433 e. The summed E-state index contributed by atoms with van der Waals surface area (Å²) >= 11 is 2.84. The van der Waals surface area contributed by atoms with E-state index in [1.54, 1.807) is 0 Å². The smallest absolute Gasteiger partial charge is 0.416 e. The first-order valence-electron chi connectivity index (χ1n) is 4.23. The second-order valence-electron chi connectivity index (χ2n) is 2.97. The molecule has 0 aliphatic heterocycles. The summed E-state index contributed by atoms with van der Waals surface area (Å²) in [7, 11) is 0. The zero-order valence-electron chi connectivity index (χ0n) is 8.19. The van der Waals surface area contributed by atoms with Crippen LogP contribution in [0.15, 0.2) is 29.3 Å². The van der Waals surface area contributed by atoms with Gasteiger partial charge in [-0.3, -0.25) is 0 Å². The maximum atomic E-state index is 12.4. The van der Waals surface area contributed by atoms with E-state index in [9.17, 15) is 22.0 Å². The van der Waals surface area contributed by atoms with Gasteiger partial charge in [0.05, 0.1) is 10.0 Å². The molecule has 94 valence electrons. The largest absolute Gasteiger partial charge is 0.433 e. The van der Waals surface area contributed by atoms with Gasteiger partial charge in [-0.1, -0.05) is 18.7 Å². The van der Waals surface area contributed by atoms with E-state index in [0.717, 1.165) is 6.07 Å². The molecule has 0 amide bonds. The Morgan fingerprint density at radius 2 is 1.88 bits per heavy atom. The van der Waals surface area contributed by atoms with Crippen molar-refractivity contribution in [3.63, 3.8) is 0 Å². The summed E-state index contributed by atoms with van der Waals surface area (Å²) < 4.78 is 65.5. The van der Waals surface area contributed by atoms with Crippen molar-refractivity contribution >= 4 is 21.5 Å². The normalized spacial score (nSPS) is 11.7. The lowest BCUT2D eigenvalue weighted by Gasteiger charge is -2.16. The lowest BCUT2D eigenvalue weighted by atomic mass is 10.1. The van der Waals surface area contributed by atoms with Crippen LogP contribution in [0.3, 0.4) is 0 Å². The molecule has 0 N–H and O–H groups in total. The average Bonchev–Trinajstić information content (AvgIpc) is 2.18. The fourth-order valence-electron chi connectivity index (χ4n) is 1.11. The quantitative estimate of drug-likeness (QED) is 0.739. The maximum Gasteiger partial charge on any atom is 0.416 e. The molecule has 0 aliphatic rings. The number of halogens is 6. The molecule has 0 saturated carbocycles. The van der Waals surface area contributed by atoms with Crippen molar-refractivity contribution in [2.75, 3.05) is 0 Å². The number of ether oxygens (including phenoxy) is 1. The Labute approximate surface area is 102 Å². The number of allylic oxidation sites excluding steroid dienone is 1. The van der Waals surface area contributed by atoms with Crippen LogP contribution in [0, 0.1) is 0 Å². The second kappa shape index (κ2) is 5.03. The van der Waals surface area contributed by atoms with E-state index in [0.29, 0.717) is 0 Å². The third-order valence-electron chi connectivity index (χ3n) is 1.84. The predicted molar refractivity (Wildman–Crippen MR) is 55.9 cm³/mol. The Hall–Kier alpha value is -1.11. The second-order valence-corrected chi connectivity index (χ2v) is 3.83. The molecule has 17 heavy (non-hydrogen) atoms. The number of hydrogen-bond acceptors (Lipinski definition) is 1. The van der Waals surface area contributed by atoms with E-state index in [-0.39, 0.29) is 4.47 Å². The third kappa shape index (κ3) is 3.42. The van der Waals surface area contributed by atoms with Gasteiger partial charge in [-0.05, 0) is 22.0 Å². The number of para-hydroxylation sites is 1. The van der Waals surface area contributed by atoms with Gasteiger partial charge in [-0.15, -0.1) is 0 Å². The van der Waals surface area contributed by atoms with E-state index in [2.05, 4.69) is 27.2 Å². The topological polar surface area (TPSA) is 9.23 Å². The molecule has 0 saturated heterocycles. The molecule has 1 nitrogen and oxygen atoms in total. The van der Waals surface area contributed by atoms with Gasteiger partial charge in [-0.2, -0.15) is 22.0 Å². The van der Waals surface area contributed by atoms with Gasteiger partial charge in [0, 0.05) is 5.56 Å². The summed E-state index contributed by atoms with van der Waals surface area (Å²) in [6.07, 6.45) is -4.71. The molecule has 1 aromatic rings. The van der Waals surface area contributed by atoms with Crippen LogP contribution in [-0.2, 0) is 0 Å². The van der Waals surface area contributed by atoms with Crippen molar-refractivity contribution in [1.82, 2.24) is 0 Å². The Bertz CT molecular complexity index is 427. The van der Waals surface area contributed by atoms with Crippen LogP contribution in [0.4, 0.5) is 22.0 Å². The van der Waals surface area contributed by atoms with Crippen molar-refractivity contribution in [2.45, 2.75) is 12.8 Å². The van der Waals surface area contributed by atoms with E-state index >= 15 is 0 Å². The summed E-state index contributed by atoms with van der Waals surface area (Å²) in [4.78, 5) is 0. The highest BCUT2D eigenvalue weighted by Gasteiger charge is 2.35. The van der Waals surface area contributed by atoms with Crippen molar-refractivity contribution in [1.29, 1.82) is 0 Å². The molecular formula is C10H6BrF5O. The lowest BCUT2D eigenvalue weighted by molar-refractivity contribution is -0.0705. The van der Waals surface area contributed by atoms with Gasteiger partial charge < -0.3 is 4.74 Å². The first-order valence-corrected chi connectivity index (χ1v) is 5.02. The van der Waals surface area contributed by atoms with Crippen molar-refractivity contribution in [3.8, 4) is 5.75 Å². The summed E-state index contributed by atoms with van der Waals surface area (Å²) in [5.41, 5.74) is -1.76. The highest BCUT2D eigenvalue weighted by Crippen LogP contribution is 2.40. The van der Waals surface area contributed by atoms with Crippen molar-refractivity contribution < 1.29 is 26.7 Å². The van der Waals surface area contributed by atoms with Gasteiger partial charge >= 0.3 is 12.8 Å². The van der Waals surface area contributed by atoms with E-state index in [1.807, 2.05) is 0 Å².